The highest BCUT2D eigenvalue weighted by Gasteiger charge is 2.24. The van der Waals surface area contributed by atoms with Gasteiger partial charge in [0.2, 0.25) is 5.91 Å². The normalized spacial score (nSPS) is 11.1. The average molecular weight is 250 g/mol. The second-order valence-electron chi connectivity index (χ2n) is 4.69. The van der Waals surface area contributed by atoms with Crippen LogP contribution in [-0.4, -0.2) is 32.1 Å². The van der Waals surface area contributed by atoms with Crippen molar-refractivity contribution in [1.82, 2.24) is 10.6 Å². The summed E-state index contributed by atoms with van der Waals surface area (Å²) in [5, 5.41) is 5.89. The van der Waals surface area contributed by atoms with Crippen molar-refractivity contribution in [3.05, 3.63) is 29.8 Å². The summed E-state index contributed by atoms with van der Waals surface area (Å²) in [4.78, 5) is 11.8. The molecule has 1 rings (SSSR count). The van der Waals surface area contributed by atoms with E-state index in [0.29, 0.717) is 6.54 Å². The van der Waals surface area contributed by atoms with Gasteiger partial charge < -0.3 is 15.4 Å². The van der Waals surface area contributed by atoms with Crippen molar-refractivity contribution in [2.24, 2.45) is 0 Å². The van der Waals surface area contributed by atoms with Crippen LogP contribution in [0, 0.1) is 0 Å². The van der Waals surface area contributed by atoms with E-state index >= 15 is 0 Å². The monoisotopic (exact) mass is 250 g/mol. The van der Waals surface area contributed by atoms with Gasteiger partial charge in [-0.1, -0.05) is 18.2 Å². The molecular weight excluding hydrogens is 228 g/mol. The SMILES string of the molecule is CNC(C)(C)C(=O)NCCc1ccccc1OC. The minimum Gasteiger partial charge on any atom is -0.496 e. The Kier molecular flexibility index (Phi) is 5.16. The first-order chi connectivity index (χ1) is 8.51. The van der Waals surface area contributed by atoms with Crippen LogP contribution in [0.25, 0.3) is 0 Å². The number of nitrogens with one attached hydrogen (secondary N) is 2. The first kappa shape index (κ1) is 14.5. The maximum absolute atomic E-state index is 11.8. The van der Waals surface area contributed by atoms with Gasteiger partial charge in [-0.15, -0.1) is 0 Å². The molecule has 0 bridgehead atoms. The van der Waals surface area contributed by atoms with Gasteiger partial charge in [0, 0.05) is 6.54 Å². The van der Waals surface area contributed by atoms with Crippen molar-refractivity contribution < 1.29 is 9.53 Å². The van der Waals surface area contributed by atoms with Crippen LogP contribution in [0.4, 0.5) is 0 Å². The average Bonchev–Trinajstić information content (AvgIpc) is 2.39. The Balaban J connectivity index is 2.49. The van der Waals surface area contributed by atoms with Crippen molar-refractivity contribution >= 4 is 5.91 Å². The largest absolute Gasteiger partial charge is 0.496 e. The Morgan fingerprint density at radius 3 is 2.61 bits per heavy atom. The van der Waals surface area contributed by atoms with Crippen molar-refractivity contribution in [3.63, 3.8) is 0 Å². The zero-order chi connectivity index (χ0) is 13.6. The molecule has 0 aliphatic rings. The topological polar surface area (TPSA) is 50.4 Å². The summed E-state index contributed by atoms with van der Waals surface area (Å²) in [5.41, 5.74) is 0.559. The molecule has 18 heavy (non-hydrogen) atoms. The van der Waals surface area contributed by atoms with E-state index in [1.807, 2.05) is 38.1 Å². The van der Waals surface area contributed by atoms with Crippen LogP contribution in [0.2, 0.25) is 0 Å². The second kappa shape index (κ2) is 6.40. The summed E-state index contributed by atoms with van der Waals surface area (Å²) in [5.74, 6) is 0.861. The van der Waals surface area contributed by atoms with Crippen LogP contribution >= 0.6 is 0 Å². The number of rotatable bonds is 6. The van der Waals surface area contributed by atoms with E-state index in [9.17, 15) is 4.79 Å². The molecule has 4 nitrogen and oxygen atoms in total. The third-order valence-corrected chi connectivity index (χ3v) is 3.07. The number of hydrogen-bond acceptors (Lipinski definition) is 3. The molecule has 100 valence electrons. The fourth-order valence-corrected chi connectivity index (χ4v) is 1.55. The lowest BCUT2D eigenvalue weighted by atomic mass is 10.0. The lowest BCUT2D eigenvalue weighted by molar-refractivity contribution is -0.126. The maximum Gasteiger partial charge on any atom is 0.239 e. The predicted octanol–water partition coefficient (Wildman–Crippen LogP) is 1.35. The smallest absolute Gasteiger partial charge is 0.239 e. The van der Waals surface area contributed by atoms with Gasteiger partial charge in [0.1, 0.15) is 5.75 Å². The standard InChI is InChI=1S/C14H22N2O2/c1-14(2,15-3)13(17)16-10-9-11-7-5-6-8-12(11)18-4/h5-8,15H,9-10H2,1-4H3,(H,16,17). The number of amides is 1. The zero-order valence-corrected chi connectivity index (χ0v) is 11.5. The number of para-hydroxylation sites is 1. The number of hydrogen-bond donors (Lipinski definition) is 2. The van der Waals surface area contributed by atoms with Crippen molar-refractivity contribution in [2.45, 2.75) is 25.8 Å². The molecule has 0 radical (unpaired) electrons. The molecular formula is C14H22N2O2. The number of carbonyl (C=O) groups is 1. The van der Waals surface area contributed by atoms with Crippen LogP contribution in [-0.2, 0) is 11.2 Å². The van der Waals surface area contributed by atoms with E-state index in [1.54, 1.807) is 14.2 Å². The molecule has 1 aromatic rings. The molecule has 0 atom stereocenters. The fourth-order valence-electron chi connectivity index (χ4n) is 1.55. The van der Waals surface area contributed by atoms with E-state index in [0.717, 1.165) is 17.7 Å². The van der Waals surface area contributed by atoms with Gasteiger partial charge in [0.15, 0.2) is 0 Å². The molecule has 0 aromatic heterocycles. The summed E-state index contributed by atoms with van der Waals surface area (Å²) >= 11 is 0. The van der Waals surface area contributed by atoms with E-state index in [-0.39, 0.29) is 5.91 Å². The van der Waals surface area contributed by atoms with Crippen LogP contribution in [0.15, 0.2) is 24.3 Å². The molecule has 4 heteroatoms. The first-order valence-corrected chi connectivity index (χ1v) is 6.10. The van der Waals surface area contributed by atoms with Gasteiger partial charge in [-0.3, -0.25) is 4.79 Å². The summed E-state index contributed by atoms with van der Waals surface area (Å²) in [6, 6.07) is 7.84. The van der Waals surface area contributed by atoms with E-state index in [2.05, 4.69) is 10.6 Å². The molecule has 2 N–H and O–H groups in total. The summed E-state index contributed by atoms with van der Waals surface area (Å²) < 4.78 is 5.27. The van der Waals surface area contributed by atoms with Gasteiger partial charge in [0.25, 0.3) is 0 Å². The third kappa shape index (κ3) is 3.74. The van der Waals surface area contributed by atoms with E-state index in [4.69, 9.17) is 4.74 Å². The predicted molar refractivity (Wildman–Crippen MR) is 72.8 cm³/mol. The quantitative estimate of drug-likeness (QED) is 0.801. The number of likely N-dealkylation sites (N-methyl/N-ethyl adjacent to an activating group) is 1. The van der Waals surface area contributed by atoms with Crippen LogP contribution < -0.4 is 15.4 Å². The third-order valence-electron chi connectivity index (χ3n) is 3.07. The molecule has 0 aliphatic heterocycles. The number of benzene rings is 1. The van der Waals surface area contributed by atoms with Gasteiger partial charge in [0.05, 0.1) is 12.6 Å². The van der Waals surface area contributed by atoms with Crippen LogP contribution in [0.1, 0.15) is 19.4 Å². The second-order valence-corrected chi connectivity index (χ2v) is 4.69. The molecule has 1 aromatic carbocycles. The van der Waals surface area contributed by atoms with Gasteiger partial charge in [-0.05, 0) is 38.9 Å². The van der Waals surface area contributed by atoms with Crippen LogP contribution in [0.5, 0.6) is 5.75 Å². The van der Waals surface area contributed by atoms with Gasteiger partial charge in [-0.25, -0.2) is 0 Å². The Labute approximate surface area is 109 Å². The zero-order valence-electron chi connectivity index (χ0n) is 11.5. The minimum atomic E-state index is -0.541. The Hall–Kier alpha value is -1.55. The van der Waals surface area contributed by atoms with Crippen LogP contribution in [0.3, 0.4) is 0 Å². The summed E-state index contributed by atoms with van der Waals surface area (Å²) in [6.45, 7) is 4.31. The summed E-state index contributed by atoms with van der Waals surface area (Å²) in [7, 11) is 3.43. The van der Waals surface area contributed by atoms with Crippen molar-refractivity contribution in [2.75, 3.05) is 20.7 Å². The maximum atomic E-state index is 11.8. The molecule has 0 saturated carbocycles. The molecule has 0 heterocycles. The number of carbonyl (C=O) groups excluding carboxylic acids is 1. The Morgan fingerprint density at radius 2 is 2.00 bits per heavy atom. The molecule has 0 spiro atoms. The fraction of sp³-hybridized carbons (Fsp3) is 0.500. The Morgan fingerprint density at radius 1 is 1.33 bits per heavy atom. The summed E-state index contributed by atoms with van der Waals surface area (Å²) in [6.07, 6.45) is 0.759. The lowest BCUT2D eigenvalue weighted by Gasteiger charge is -2.22. The highest BCUT2D eigenvalue weighted by Crippen LogP contribution is 2.17. The Bertz CT molecular complexity index is 403. The molecule has 0 aliphatic carbocycles. The van der Waals surface area contributed by atoms with Crippen molar-refractivity contribution in [3.8, 4) is 5.75 Å². The first-order valence-electron chi connectivity index (χ1n) is 6.10. The van der Waals surface area contributed by atoms with E-state index < -0.39 is 5.54 Å². The molecule has 0 fully saturated rings. The van der Waals surface area contributed by atoms with Gasteiger partial charge in [-0.2, -0.15) is 0 Å². The van der Waals surface area contributed by atoms with Crippen molar-refractivity contribution in [1.29, 1.82) is 0 Å². The van der Waals surface area contributed by atoms with E-state index in [1.165, 1.54) is 0 Å². The minimum absolute atomic E-state index is 0.0000945. The number of methoxy groups -OCH3 is 1. The highest BCUT2D eigenvalue weighted by atomic mass is 16.5. The van der Waals surface area contributed by atoms with Gasteiger partial charge >= 0.3 is 0 Å². The highest BCUT2D eigenvalue weighted by molar-refractivity contribution is 5.85. The number of ether oxygens (including phenoxy) is 1. The lowest BCUT2D eigenvalue weighted by Crippen LogP contribution is -2.51. The molecule has 0 unspecified atom stereocenters. The molecule has 1 amide bonds. The molecule has 0 saturated heterocycles.